The summed E-state index contributed by atoms with van der Waals surface area (Å²) in [5.41, 5.74) is 4.31. The second kappa shape index (κ2) is 5.24. The Morgan fingerprint density at radius 3 is 2.67 bits per heavy atom. The maximum Gasteiger partial charge on any atom is 0.0270 e. The molecule has 3 N–H and O–H groups in total. The van der Waals surface area contributed by atoms with Crippen LogP contribution in [0.5, 0.6) is 0 Å². The third kappa shape index (κ3) is 2.76. The Bertz CT molecular complexity index is 282. The van der Waals surface area contributed by atoms with E-state index in [1.54, 1.807) is 0 Å². The minimum absolute atomic E-state index is 0.493. The van der Waals surface area contributed by atoms with Gasteiger partial charge in [0.2, 0.25) is 0 Å². The highest BCUT2D eigenvalue weighted by Crippen LogP contribution is 2.31. The number of hydrogen-bond acceptors (Lipinski definition) is 3. The summed E-state index contributed by atoms with van der Waals surface area (Å²) in [5.74, 6) is 6.39. The number of nitrogens with one attached hydrogen (secondary N) is 1. The molecule has 0 spiro atoms. The van der Waals surface area contributed by atoms with Crippen molar-refractivity contribution < 1.29 is 0 Å². The summed E-state index contributed by atoms with van der Waals surface area (Å²) in [4.78, 5) is 4.01. The Morgan fingerprint density at radius 1 is 1.40 bits per heavy atom. The van der Waals surface area contributed by atoms with Crippen molar-refractivity contribution in [2.75, 3.05) is 0 Å². The number of nitrogens with zero attached hydrogens (tertiary/aromatic N) is 1. The monoisotopic (exact) mass is 205 g/mol. The second-order valence-electron chi connectivity index (χ2n) is 4.36. The Morgan fingerprint density at radius 2 is 2.13 bits per heavy atom. The van der Waals surface area contributed by atoms with Gasteiger partial charge < -0.3 is 0 Å². The summed E-state index contributed by atoms with van der Waals surface area (Å²) < 4.78 is 0. The fourth-order valence-electron chi connectivity index (χ4n) is 2.17. The summed E-state index contributed by atoms with van der Waals surface area (Å²) in [6.07, 6.45) is 9.97. The van der Waals surface area contributed by atoms with Gasteiger partial charge in [-0.1, -0.05) is 6.42 Å². The molecule has 0 bridgehead atoms. The van der Waals surface area contributed by atoms with E-state index in [0.717, 1.165) is 18.8 Å². The van der Waals surface area contributed by atoms with E-state index in [4.69, 9.17) is 5.84 Å². The molecule has 2 rings (SSSR count). The highest BCUT2D eigenvalue weighted by atomic mass is 15.2. The lowest BCUT2D eigenvalue weighted by Gasteiger charge is -2.33. The van der Waals surface area contributed by atoms with Gasteiger partial charge in [-0.25, -0.2) is 0 Å². The molecule has 0 amide bonds. The van der Waals surface area contributed by atoms with Gasteiger partial charge >= 0.3 is 0 Å². The average Bonchev–Trinajstić information content (AvgIpc) is 2.23. The first-order chi connectivity index (χ1) is 7.40. The van der Waals surface area contributed by atoms with Crippen LogP contribution < -0.4 is 11.3 Å². The first-order valence-electron chi connectivity index (χ1n) is 5.75. The van der Waals surface area contributed by atoms with Gasteiger partial charge in [-0.05, 0) is 49.3 Å². The topological polar surface area (TPSA) is 50.9 Å². The molecule has 3 heteroatoms. The minimum Gasteiger partial charge on any atom is -0.271 e. The lowest BCUT2D eigenvalue weighted by Crippen LogP contribution is -2.43. The molecule has 1 saturated carbocycles. The molecule has 3 nitrogen and oxygen atoms in total. The number of rotatable bonds is 5. The Hall–Kier alpha value is -0.930. The summed E-state index contributed by atoms with van der Waals surface area (Å²) in [6.45, 7) is 0. The molecular weight excluding hydrogens is 186 g/mol. The largest absolute Gasteiger partial charge is 0.271 e. The zero-order valence-electron chi connectivity index (χ0n) is 9.02. The molecule has 1 aliphatic carbocycles. The summed E-state index contributed by atoms with van der Waals surface area (Å²) in [5, 5.41) is 0. The summed E-state index contributed by atoms with van der Waals surface area (Å²) >= 11 is 0. The Balaban J connectivity index is 1.80. The van der Waals surface area contributed by atoms with E-state index in [0.29, 0.717) is 6.04 Å². The van der Waals surface area contributed by atoms with Crippen LogP contribution in [-0.4, -0.2) is 11.0 Å². The molecule has 0 aromatic carbocycles. The van der Waals surface area contributed by atoms with Crippen LogP contribution in [0.2, 0.25) is 0 Å². The predicted octanol–water partition coefficient (Wildman–Crippen LogP) is 1.65. The molecule has 0 radical (unpaired) electrons. The quantitative estimate of drug-likeness (QED) is 0.567. The molecule has 0 saturated heterocycles. The van der Waals surface area contributed by atoms with Crippen molar-refractivity contribution in [3.05, 3.63) is 30.1 Å². The van der Waals surface area contributed by atoms with Gasteiger partial charge in [0.1, 0.15) is 0 Å². The Kier molecular flexibility index (Phi) is 3.69. The molecule has 1 aromatic rings. The van der Waals surface area contributed by atoms with Crippen molar-refractivity contribution in [3.63, 3.8) is 0 Å². The minimum atomic E-state index is 0.493. The van der Waals surface area contributed by atoms with Crippen molar-refractivity contribution in [2.45, 2.75) is 38.1 Å². The van der Waals surface area contributed by atoms with Crippen LogP contribution in [0.15, 0.2) is 24.5 Å². The van der Waals surface area contributed by atoms with Crippen molar-refractivity contribution >= 4 is 0 Å². The molecule has 1 fully saturated rings. The van der Waals surface area contributed by atoms with Crippen molar-refractivity contribution in [2.24, 2.45) is 11.8 Å². The third-order valence-corrected chi connectivity index (χ3v) is 3.43. The molecule has 1 atom stereocenters. The van der Waals surface area contributed by atoms with E-state index in [1.165, 1.54) is 24.8 Å². The van der Waals surface area contributed by atoms with Crippen molar-refractivity contribution in [1.29, 1.82) is 0 Å². The van der Waals surface area contributed by atoms with Gasteiger partial charge in [-0.15, -0.1) is 0 Å². The first-order valence-corrected chi connectivity index (χ1v) is 5.75. The first kappa shape index (κ1) is 10.6. The van der Waals surface area contributed by atoms with Gasteiger partial charge in [0, 0.05) is 18.4 Å². The van der Waals surface area contributed by atoms with Gasteiger partial charge in [-0.3, -0.25) is 16.3 Å². The van der Waals surface area contributed by atoms with E-state index in [-0.39, 0.29) is 0 Å². The molecule has 1 unspecified atom stereocenters. The number of aryl methyl sites for hydroxylation is 1. The van der Waals surface area contributed by atoms with E-state index in [2.05, 4.69) is 22.5 Å². The summed E-state index contributed by atoms with van der Waals surface area (Å²) in [7, 11) is 0. The van der Waals surface area contributed by atoms with Gasteiger partial charge in [0.05, 0.1) is 0 Å². The normalized spacial score (nSPS) is 18.5. The van der Waals surface area contributed by atoms with Crippen LogP contribution in [0.25, 0.3) is 0 Å². The molecule has 82 valence electrons. The van der Waals surface area contributed by atoms with Crippen LogP contribution in [0, 0.1) is 5.92 Å². The zero-order valence-corrected chi connectivity index (χ0v) is 9.02. The Labute approximate surface area is 91.1 Å². The van der Waals surface area contributed by atoms with E-state index < -0.39 is 0 Å². The van der Waals surface area contributed by atoms with Gasteiger partial charge in [0.15, 0.2) is 0 Å². The SMILES string of the molecule is NNC(CCc1ccncc1)C1CCC1. The number of pyridine rings is 1. The highest BCUT2D eigenvalue weighted by Gasteiger charge is 2.25. The van der Waals surface area contributed by atoms with E-state index >= 15 is 0 Å². The van der Waals surface area contributed by atoms with Crippen LogP contribution in [-0.2, 0) is 6.42 Å². The molecule has 1 heterocycles. The predicted molar refractivity (Wildman–Crippen MR) is 61.0 cm³/mol. The smallest absolute Gasteiger partial charge is 0.0270 e. The van der Waals surface area contributed by atoms with Gasteiger partial charge in [-0.2, -0.15) is 0 Å². The standard InChI is InChI=1S/C12H19N3/c13-15-12(11-2-1-3-11)5-4-10-6-8-14-9-7-10/h6-9,11-12,15H,1-5,13H2. The average molecular weight is 205 g/mol. The number of hydrogen-bond donors (Lipinski definition) is 2. The van der Waals surface area contributed by atoms with E-state index in [1.807, 2.05) is 12.4 Å². The number of aromatic nitrogens is 1. The van der Waals surface area contributed by atoms with Crippen molar-refractivity contribution in [3.8, 4) is 0 Å². The van der Waals surface area contributed by atoms with E-state index in [9.17, 15) is 0 Å². The van der Waals surface area contributed by atoms with Crippen LogP contribution in [0.1, 0.15) is 31.2 Å². The molecule has 0 aliphatic heterocycles. The van der Waals surface area contributed by atoms with Crippen LogP contribution in [0.3, 0.4) is 0 Å². The van der Waals surface area contributed by atoms with Crippen LogP contribution >= 0.6 is 0 Å². The fourth-order valence-corrected chi connectivity index (χ4v) is 2.17. The lowest BCUT2D eigenvalue weighted by molar-refractivity contribution is 0.221. The van der Waals surface area contributed by atoms with Crippen LogP contribution in [0.4, 0.5) is 0 Å². The molecular formula is C12H19N3. The van der Waals surface area contributed by atoms with Crippen molar-refractivity contribution in [1.82, 2.24) is 10.4 Å². The molecule has 15 heavy (non-hydrogen) atoms. The molecule has 1 aliphatic rings. The summed E-state index contributed by atoms with van der Waals surface area (Å²) in [6, 6.07) is 4.65. The third-order valence-electron chi connectivity index (χ3n) is 3.43. The zero-order chi connectivity index (χ0) is 10.5. The number of nitrogens with two attached hydrogens (primary N) is 1. The molecule has 1 aromatic heterocycles. The maximum atomic E-state index is 5.58. The van der Waals surface area contributed by atoms with Gasteiger partial charge in [0.25, 0.3) is 0 Å². The lowest BCUT2D eigenvalue weighted by atomic mass is 9.78. The number of hydrazine groups is 1. The highest BCUT2D eigenvalue weighted by molar-refractivity contribution is 5.10. The maximum absolute atomic E-state index is 5.58. The second-order valence-corrected chi connectivity index (χ2v) is 4.36. The fraction of sp³-hybridized carbons (Fsp3) is 0.583.